The quantitative estimate of drug-likeness (QED) is 0.258. The molecule has 0 atom stereocenters. The van der Waals surface area contributed by atoms with Gasteiger partial charge < -0.3 is 10.1 Å². The maximum atomic E-state index is 12.5. The largest absolute Gasteiger partial charge is 0.457 e. The Labute approximate surface area is 179 Å². The molecule has 0 aliphatic heterocycles. The van der Waals surface area contributed by atoms with Crippen LogP contribution in [0.1, 0.15) is 28.8 Å². The van der Waals surface area contributed by atoms with Crippen LogP contribution in [0.3, 0.4) is 0 Å². The van der Waals surface area contributed by atoms with Gasteiger partial charge in [0.15, 0.2) is 0 Å². The minimum Gasteiger partial charge on any atom is -0.457 e. The van der Waals surface area contributed by atoms with E-state index in [0.29, 0.717) is 28.3 Å². The number of halogens is 1. The molecule has 0 aromatic heterocycles. The van der Waals surface area contributed by atoms with Crippen LogP contribution in [0.15, 0.2) is 58.3 Å². The molecule has 2 aromatic rings. The van der Waals surface area contributed by atoms with E-state index in [1.165, 1.54) is 12.1 Å². The van der Waals surface area contributed by atoms with Crippen LogP contribution >= 0.6 is 23.4 Å². The van der Waals surface area contributed by atoms with Crippen LogP contribution in [-0.4, -0.2) is 32.1 Å². The van der Waals surface area contributed by atoms with Crippen molar-refractivity contribution in [1.29, 1.82) is 0 Å². The minimum absolute atomic E-state index is 0.00104. The molecule has 0 saturated heterocycles. The molecule has 0 saturated carbocycles. The van der Waals surface area contributed by atoms with Gasteiger partial charge in [-0.05, 0) is 54.4 Å². The van der Waals surface area contributed by atoms with Crippen molar-refractivity contribution < 1.29 is 22.7 Å². The third-order valence-corrected chi connectivity index (χ3v) is 5.83. The van der Waals surface area contributed by atoms with Crippen molar-refractivity contribution in [3.63, 3.8) is 0 Å². The number of carbonyl (C=O) groups is 2. The van der Waals surface area contributed by atoms with E-state index in [1.807, 2.05) is 0 Å². The first-order valence-electron chi connectivity index (χ1n) is 8.71. The van der Waals surface area contributed by atoms with Gasteiger partial charge in [-0.25, -0.2) is 18.4 Å². The monoisotopic (exact) mass is 456 g/mol. The molecule has 2 rings (SSSR count). The normalized spacial score (nSPS) is 11.1. The van der Waals surface area contributed by atoms with Gasteiger partial charge in [-0.3, -0.25) is 4.79 Å². The number of hydrogen-bond donors (Lipinski definition) is 2. The highest BCUT2D eigenvalue weighted by Gasteiger charge is 2.15. The number of benzene rings is 2. The molecule has 0 heterocycles. The molecule has 2 aromatic carbocycles. The summed E-state index contributed by atoms with van der Waals surface area (Å²) in [6.07, 6.45) is 1.44. The molecule has 1 amide bonds. The number of hydrogen-bond acceptors (Lipinski definition) is 6. The molecule has 0 radical (unpaired) electrons. The van der Waals surface area contributed by atoms with Gasteiger partial charge in [0, 0.05) is 17.3 Å². The highest BCUT2D eigenvalue weighted by Crippen LogP contribution is 2.24. The third-order valence-electron chi connectivity index (χ3n) is 3.78. The summed E-state index contributed by atoms with van der Waals surface area (Å²) in [4.78, 5) is 25.0. The van der Waals surface area contributed by atoms with Crippen molar-refractivity contribution in [2.24, 2.45) is 5.14 Å². The molecule has 7 nitrogen and oxygen atoms in total. The van der Waals surface area contributed by atoms with Gasteiger partial charge in [-0.15, -0.1) is 11.6 Å². The zero-order valence-electron chi connectivity index (χ0n) is 15.5. The Morgan fingerprint density at radius 2 is 1.76 bits per heavy atom. The van der Waals surface area contributed by atoms with Crippen molar-refractivity contribution in [2.45, 2.75) is 29.2 Å². The van der Waals surface area contributed by atoms with Crippen LogP contribution in [0.2, 0.25) is 0 Å². The zero-order chi connectivity index (χ0) is 21.3. The maximum absolute atomic E-state index is 12.5. The van der Waals surface area contributed by atoms with E-state index in [-0.39, 0.29) is 24.0 Å². The average molecular weight is 457 g/mol. The van der Waals surface area contributed by atoms with Crippen molar-refractivity contribution in [3.05, 3.63) is 59.7 Å². The lowest BCUT2D eigenvalue weighted by molar-refractivity contribution is 0.0948. The number of carbonyl (C=O) groups excluding carboxylic acids is 2. The van der Waals surface area contributed by atoms with Crippen LogP contribution in [0, 0.1) is 0 Å². The molecular formula is C19H21ClN2O5S2. The Morgan fingerprint density at radius 3 is 2.41 bits per heavy atom. The summed E-state index contributed by atoms with van der Waals surface area (Å²) in [6, 6.07) is 12.6. The maximum Gasteiger partial charge on any atom is 0.372 e. The Bertz CT molecular complexity index is 949. The molecule has 10 heteroatoms. The van der Waals surface area contributed by atoms with Gasteiger partial charge in [-0.1, -0.05) is 24.3 Å². The molecule has 0 unspecified atom stereocenters. The first kappa shape index (κ1) is 23.2. The second-order valence-electron chi connectivity index (χ2n) is 5.96. The molecule has 0 fully saturated rings. The molecule has 0 aliphatic rings. The van der Waals surface area contributed by atoms with Crippen LogP contribution in [0.25, 0.3) is 0 Å². The average Bonchev–Trinajstić information content (AvgIpc) is 2.69. The molecule has 29 heavy (non-hydrogen) atoms. The van der Waals surface area contributed by atoms with E-state index >= 15 is 0 Å². The summed E-state index contributed by atoms with van der Waals surface area (Å²) in [6.45, 7) is 0.465. The number of primary sulfonamides is 1. The molecule has 3 N–H and O–H groups in total. The smallest absolute Gasteiger partial charge is 0.372 e. The second-order valence-corrected chi connectivity index (χ2v) is 8.88. The summed E-state index contributed by atoms with van der Waals surface area (Å²) in [5, 5.41) is 7.32. The Kier molecular flexibility index (Phi) is 8.97. The number of thioether (sulfide) groups is 1. The van der Waals surface area contributed by atoms with Crippen molar-refractivity contribution in [1.82, 2.24) is 5.32 Å². The van der Waals surface area contributed by atoms with Crippen LogP contribution in [0.4, 0.5) is 4.79 Å². The van der Waals surface area contributed by atoms with Gasteiger partial charge in [-0.2, -0.15) is 0 Å². The Balaban J connectivity index is 1.96. The van der Waals surface area contributed by atoms with Gasteiger partial charge in [0.2, 0.25) is 10.0 Å². The predicted octanol–water partition coefficient (Wildman–Crippen LogP) is 3.51. The summed E-state index contributed by atoms with van der Waals surface area (Å²) in [5.41, 5.74) is 1.05. The van der Waals surface area contributed by atoms with E-state index < -0.39 is 15.3 Å². The van der Waals surface area contributed by atoms with Crippen LogP contribution in [0.5, 0.6) is 0 Å². The fraction of sp³-hybridized carbons (Fsp3) is 0.263. The van der Waals surface area contributed by atoms with Gasteiger partial charge in [0.05, 0.1) is 17.1 Å². The number of rotatable bonds is 9. The lowest BCUT2D eigenvalue weighted by Crippen LogP contribution is -2.23. The van der Waals surface area contributed by atoms with E-state index in [1.54, 1.807) is 36.4 Å². The lowest BCUT2D eigenvalue weighted by Gasteiger charge is -2.10. The second kappa shape index (κ2) is 11.2. The first-order chi connectivity index (χ1) is 13.8. The molecular weight excluding hydrogens is 436 g/mol. The summed E-state index contributed by atoms with van der Waals surface area (Å²) >= 11 is 6.43. The van der Waals surface area contributed by atoms with E-state index in [4.69, 9.17) is 21.5 Å². The first-order valence-corrected chi connectivity index (χ1v) is 11.6. The van der Waals surface area contributed by atoms with Gasteiger partial charge in [0.1, 0.15) is 0 Å². The molecule has 0 aliphatic carbocycles. The predicted molar refractivity (Wildman–Crippen MR) is 113 cm³/mol. The van der Waals surface area contributed by atoms with Crippen molar-refractivity contribution in [3.8, 4) is 0 Å². The number of sulfonamides is 1. The summed E-state index contributed by atoms with van der Waals surface area (Å²) in [5.74, 6) is 0.150. The van der Waals surface area contributed by atoms with Crippen molar-refractivity contribution >= 4 is 44.6 Å². The van der Waals surface area contributed by atoms with E-state index in [9.17, 15) is 18.0 Å². The Hall–Kier alpha value is -2.07. The number of unbranched alkanes of at least 4 members (excludes halogenated alkanes) is 1. The SMILES string of the molecule is NS(=O)(=O)c1ccc(CNC(=O)c2ccccc2SC(=O)OCCCCCl)cc1. The van der Waals surface area contributed by atoms with E-state index in [2.05, 4.69) is 5.32 Å². The zero-order valence-corrected chi connectivity index (χ0v) is 17.9. The fourth-order valence-corrected chi connectivity index (χ4v) is 3.73. The Morgan fingerprint density at radius 1 is 1.07 bits per heavy atom. The standard InChI is InChI=1S/C19H21ClN2O5S2/c20-11-3-4-12-27-19(24)28-17-6-2-1-5-16(17)18(23)22-13-14-7-9-15(10-8-14)29(21,25)26/h1-2,5-10H,3-4,11-13H2,(H,22,23)(H2,21,25,26). The number of nitrogens with one attached hydrogen (secondary N) is 1. The highest BCUT2D eigenvalue weighted by atomic mass is 35.5. The summed E-state index contributed by atoms with van der Waals surface area (Å²) in [7, 11) is -3.76. The van der Waals surface area contributed by atoms with Crippen LogP contribution in [-0.2, 0) is 21.3 Å². The molecule has 0 bridgehead atoms. The van der Waals surface area contributed by atoms with Crippen LogP contribution < -0.4 is 10.5 Å². The van der Waals surface area contributed by atoms with E-state index in [0.717, 1.165) is 18.2 Å². The molecule has 0 spiro atoms. The summed E-state index contributed by atoms with van der Waals surface area (Å²) < 4.78 is 27.7. The van der Waals surface area contributed by atoms with Gasteiger partial charge >= 0.3 is 5.30 Å². The topological polar surface area (TPSA) is 116 Å². The lowest BCUT2D eigenvalue weighted by atomic mass is 10.2. The third kappa shape index (κ3) is 7.69. The van der Waals surface area contributed by atoms with Gasteiger partial charge in [0.25, 0.3) is 5.91 Å². The number of nitrogens with two attached hydrogens (primary N) is 1. The van der Waals surface area contributed by atoms with Crippen molar-refractivity contribution in [2.75, 3.05) is 12.5 Å². The number of ether oxygens (including phenoxy) is 1. The molecule has 156 valence electrons. The fourth-order valence-electron chi connectivity index (χ4n) is 2.29. The highest BCUT2D eigenvalue weighted by molar-refractivity contribution is 8.13. The minimum atomic E-state index is -3.76. The number of alkyl halides is 1. The number of amides is 1.